The highest BCUT2D eigenvalue weighted by Gasteiger charge is 2.42. The van der Waals surface area contributed by atoms with Gasteiger partial charge in [0.05, 0.1) is 5.56 Å². The number of carbonyl (C=O) groups is 1. The molecular weight excluding hydrogens is 338 g/mol. The number of nitrogens with zero attached hydrogens (tertiary/aromatic N) is 5. The Morgan fingerprint density at radius 3 is 2.81 bits per heavy atom. The van der Waals surface area contributed by atoms with E-state index in [1.54, 1.807) is 24.7 Å². The maximum Gasteiger partial charge on any atom is 0.222 e. The number of nitriles is 1. The van der Waals surface area contributed by atoms with E-state index in [-0.39, 0.29) is 11.3 Å². The van der Waals surface area contributed by atoms with Crippen molar-refractivity contribution >= 4 is 11.7 Å². The summed E-state index contributed by atoms with van der Waals surface area (Å²) < 4.78 is 0. The smallest absolute Gasteiger partial charge is 0.222 e. The molecule has 0 saturated carbocycles. The Morgan fingerprint density at radius 2 is 2.00 bits per heavy atom. The lowest BCUT2D eigenvalue weighted by atomic mass is 9.73. The molecule has 2 aliphatic rings. The molecule has 0 N–H and O–H groups in total. The number of pyridine rings is 2. The van der Waals surface area contributed by atoms with Crippen molar-refractivity contribution in [1.82, 2.24) is 14.9 Å². The number of likely N-dealkylation sites (tertiary alicyclic amines) is 1. The molecule has 6 nitrogen and oxygen atoms in total. The molecule has 27 heavy (non-hydrogen) atoms. The molecule has 2 saturated heterocycles. The molecule has 1 atom stereocenters. The van der Waals surface area contributed by atoms with Crippen LogP contribution in [0, 0.1) is 16.7 Å². The van der Waals surface area contributed by atoms with E-state index in [4.69, 9.17) is 0 Å². The van der Waals surface area contributed by atoms with Crippen molar-refractivity contribution in [2.75, 3.05) is 24.5 Å². The lowest BCUT2D eigenvalue weighted by molar-refractivity contribution is -0.138. The van der Waals surface area contributed by atoms with Gasteiger partial charge in [-0.1, -0.05) is 0 Å². The first kappa shape index (κ1) is 17.5. The van der Waals surface area contributed by atoms with Crippen molar-refractivity contribution in [3.8, 4) is 6.07 Å². The molecule has 0 aromatic carbocycles. The van der Waals surface area contributed by atoms with E-state index in [0.717, 1.165) is 50.3 Å². The number of amides is 1. The Balaban J connectivity index is 1.53. The number of hydrogen-bond acceptors (Lipinski definition) is 5. The Hall–Kier alpha value is -2.94. The van der Waals surface area contributed by atoms with Crippen LogP contribution < -0.4 is 4.90 Å². The van der Waals surface area contributed by atoms with E-state index in [1.807, 2.05) is 23.1 Å². The van der Waals surface area contributed by atoms with Crippen LogP contribution in [0.4, 0.5) is 5.82 Å². The molecule has 0 unspecified atom stereocenters. The van der Waals surface area contributed by atoms with Gasteiger partial charge in [0, 0.05) is 56.6 Å². The second-order valence-electron chi connectivity index (χ2n) is 7.62. The third-order valence-corrected chi connectivity index (χ3v) is 5.74. The van der Waals surface area contributed by atoms with Crippen LogP contribution >= 0.6 is 0 Å². The molecule has 4 heterocycles. The molecule has 2 aromatic rings. The zero-order valence-corrected chi connectivity index (χ0v) is 15.3. The van der Waals surface area contributed by atoms with Crippen LogP contribution in [0.15, 0.2) is 42.9 Å². The molecule has 0 radical (unpaired) electrons. The fraction of sp³-hybridized carbons (Fsp3) is 0.429. The maximum absolute atomic E-state index is 12.5. The van der Waals surface area contributed by atoms with Gasteiger partial charge in [-0.2, -0.15) is 5.26 Å². The average molecular weight is 361 g/mol. The zero-order chi connectivity index (χ0) is 18.7. The minimum atomic E-state index is 0.0729. The SMILES string of the molecule is N#Cc1cccnc1N1CCC[C@@]2(CCC(=O)N(Cc3ccncc3)C2)C1. The summed E-state index contributed by atoms with van der Waals surface area (Å²) in [6.45, 7) is 3.15. The Morgan fingerprint density at radius 1 is 1.15 bits per heavy atom. The minimum Gasteiger partial charge on any atom is -0.355 e. The van der Waals surface area contributed by atoms with Crippen molar-refractivity contribution in [2.45, 2.75) is 32.2 Å². The summed E-state index contributed by atoms with van der Waals surface area (Å²) in [5.41, 5.74) is 1.80. The fourth-order valence-electron chi connectivity index (χ4n) is 4.41. The van der Waals surface area contributed by atoms with Crippen LogP contribution in [0.5, 0.6) is 0 Å². The summed E-state index contributed by atoms with van der Waals surface area (Å²) in [7, 11) is 0. The van der Waals surface area contributed by atoms with Gasteiger partial charge in [-0.25, -0.2) is 4.98 Å². The van der Waals surface area contributed by atoms with Gasteiger partial charge in [0.1, 0.15) is 11.9 Å². The van der Waals surface area contributed by atoms with Crippen LogP contribution in [0.1, 0.15) is 36.8 Å². The van der Waals surface area contributed by atoms with Gasteiger partial charge >= 0.3 is 0 Å². The highest BCUT2D eigenvalue weighted by molar-refractivity contribution is 5.77. The highest BCUT2D eigenvalue weighted by atomic mass is 16.2. The van der Waals surface area contributed by atoms with E-state index in [1.165, 1.54) is 0 Å². The molecule has 2 aliphatic heterocycles. The molecule has 138 valence electrons. The van der Waals surface area contributed by atoms with Gasteiger partial charge in [0.15, 0.2) is 0 Å². The van der Waals surface area contributed by atoms with Gasteiger partial charge in [0.2, 0.25) is 5.91 Å². The Kier molecular flexibility index (Phi) is 4.76. The Bertz CT molecular complexity index is 862. The number of aromatic nitrogens is 2. The second-order valence-corrected chi connectivity index (χ2v) is 7.62. The molecule has 2 aromatic heterocycles. The number of carbonyl (C=O) groups excluding carboxylic acids is 1. The lowest BCUT2D eigenvalue weighted by Crippen LogP contribution is -2.54. The Labute approximate surface area is 159 Å². The topological polar surface area (TPSA) is 73.1 Å². The number of piperidine rings is 2. The molecule has 4 rings (SSSR count). The predicted molar refractivity (Wildman–Crippen MR) is 102 cm³/mol. The maximum atomic E-state index is 12.5. The van der Waals surface area contributed by atoms with Crippen molar-refractivity contribution < 1.29 is 4.79 Å². The summed E-state index contributed by atoms with van der Waals surface area (Å²) >= 11 is 0. The summed E-state index contributed by atoms with van der Waals surface area (Å²) in [6.07, 6.45) is 8.95. The van der Waals surface area contributed by atoms with E-state index in [2.05, 4.69) is 20.9 Å². The zero-order valence-electron chi connectivity index (χ0n) is 15.3. The van der Waals surface area contributed by atoms with E-state index < -0.39 is 0 Å². The van der Waals surface area contributed by atoms with Gasteiger partial charge in [-0.15, -0.1) is 0 Å². The van der Waals surface area contributed by atoms with Gasteiger partial charge < -0.3 is 9.80 Å². The summed E-state index contributed by atoms with van der Waals surface area (Å²) in [5.74, 6) is 1.00. The molecule has 2 fully saturated rings. The molecule has 6 heteroatoms. The van der Waals surface area contributed by atoms with Crippen molar-refractivity contribution in [3.63, 3.8) is 0 Å². The van der Waals surface area contributed by atoms with Gasteiger partial charge in [-0.05, 0) is 49.1 Å². The molecule has 1 amide bonds. The van der Waals surface area contributed by atoms with Crippen LogP contribution in [0.3, 0.4) is 0 Å². The van der Waals surface area contributed by atoms with Crippen LogP contribution in [0.2, 0.25) is 0 Å². The molecule has 0 aliphatic carbocycles. The lowest BCUT2D eigenvalue weighted by Gasteiger charge is -2.48. The molecule has 0 bridgehead atoms. The van der Waals surface area contributed by atoms with Gasteiger partial charge in [0.25, 0.3) is 0 Å². The third kappa shape index (κ3) is 3.63. The highest BCUT2D eigenvalue weighted by Crippen LogP contribution is 2.40. The average Bonchev–Trinajstić information content (AvgIpc) is 2.72. The largest absolute Gasteiger partial charge is 0.355 e. The van der Waals surface area contributed by atoms with Crippen LogP contribution in [-0.2, 0) is 11.3 Å². The molecular formula is C21H23N5O. The fourth-order valence-corrected chi connectivity index (χ4v) is 4.41. The van der Waals surface area contributed by atoms with Crippen LogP contribution in [0.25, 0.3) is 0 Å². The van der Waals surface area contributed by atoms with E-state index >= 15 is 0 Å². The van der Waals surface area contributed by atoms with E-state index in [0.29, 0.717) is 18.5 Å². The quantitative estimate of drug-likeness (QED) is 0.840. The van der Waals surface area contributed by atoms with E-state index in [9.17, 15) is 10.1 Å². The second kappa shape index (κ2) is 7.36. The van der Waals surface area contributed by atoms with Crippen molar-refractivity contribution in [1.29, 1.82) is 5.26 Å². The summed E-state index contributed by atoms with van der Waals surface area (Å²) in [6, 6.07) is 9.82. The van der Waals surface area contributed by atoms with Gasteiger partial charge in [-0.3, -0.25) is 9.78 Å². The van der Waals surface area contributed by atoms with Crippen LogP contribution in [-0.4, -0.2) is 40.4 Å². The molecule has 1 spiro atoms. The normalized spacial score (nSPS) is 22.7. The van der Waals surface area contributed by atoms with Crippen molar-refractivity contribution in [3.05, 3.63) is 54.0 Å². The first-order valence-corrected chi connectivity index (χ1v) is 9.46. The predicted octanol–water partition coefficient (Wildman–Crippen LogP) is 2.76. The third-order valence-electron chi connectivity index (χ3n) is 5.74. The number of hydrogen-bond donors (Lipinski definition) is 0. The standard InChI is InChI=1S/C21H23N5O/c22-13-18-3-1-9-24-20(18)25-12-2-7-21(15-25)8-4-19(27)26(16-21)14-17-5-10-23-11-6-17/h1,3,5-6,9-11H,2,4,7-8,12,14-16H2/t21-/m1/s1. The first-order valence-electron chi connectivity index (χ1n) is 9.46. The number of anilines is 1. The summed E-state index contributed by atoms with van der Waals surface area (Å²) in [5, 5.41) is 9.42. The number of rotatable bonds is 3. The summed E-state index contributed by atoms with van der Waals surface area (Å²) in [4.78, 5) is 25.3. The monoisotopic (exact) mass is 361 g/mol. The van der Waals surface area contributed by atoms with Crippen molar-refractivity contribution in [2.24, 2.45) is 5.41 Å². The first-order chi connectivity index (χ1) is 13.2. The minimum absolute atomic E-state index is 0.0729.